The fourth-order valence-electron chi connectivity index (χ4n) is 2.51. The molecule has 138 valence electrons. The summed E-state index contributed by atoms with van der Waals surface area (Å²) in [6.07, 6.45) is 0.740. The molecule has 0 aliphatic carbocycles. The highest BCUT2D eigenvalue weighted by Crippen LogP contribution is 2.20. The number of ketones is 1. The maximum atomic E-state index is 11.6. The van der Waals surface area contributed by atoms with Gasteiger partial charge in [0.15, 0.2) is 11.6 Å². The van der Waals surface area contributed by atoms with Crippen LogP contribution in [0.5, 0.6) is 11.8 Å². The summed E-state index contributed by atoms with van der Waals surface area (Å²) in [5, 5.41) is 12.5. The van der Waals surface area contributed by atoms with Crippen LogP contribution < -0.4 is 10.1 Å². The van der Waals surface area contributed by atoms with Crippen LogP contribution in [0.1, 0.15) is 22.8 Å². The van der Waals surface area contributed by atoms with Gasteiger partial charge in [-0.1, -0.05) is 30.3 Å². The van der Waals surface area contributed by atoms with E-state index < -0.39 is 0 Å². The number of aromatic nitrogens is 3. The number of benzene rings is 2. The lowest BCUT2D eigenvalue weighted by atomic mass is 10.1. The number of phenolic OH excluding ortho intramolecular Hbond substituents is 1. The van der Waals surface area contributed by atoms with Crippen molar-refractivity contribution in [3.05, 3.63) is 59.7 Å². The third-order valence-electron chi connectivity index (χ3n) is 3.96. The fourth-order valence-corrected chi connectivity index (χ4v) is 2.51. The molecule has 2 aromatic carbocycles. The molecule has 7 heteroatoms. The summed E-state index contributed by atoms with van der Waals surface area (Å²) in [4.78, 5) is 24.5. The van der Waals surface area contributed by atoms with Gasteiger partial charge in [-0.15, -0.1) is 0 Å². The van der Waals surface area contributed by atoms with E-state index in [9.17, 15) is 9.90 Å². The normalized spacial score (nSPS) is 10.4. The van der Waals surface area contributed by atoms with Gasteiger partial charge in [-0.25, -0.2) is 0 Å². The quantitative estimate of drug-likeness (QED) is 0.622. The number of aromatic hydroxyl groups is 1. The minimum atomic E-state index is -0.0230. The van der Waals surface area contributed by atoms with Crippen molar-refractivity contribution < 1.29 is 14.6 Å². The number of carbonyl (C=O) groups excluding carboxylic acids is 1. The van der Waals surface area contributed by atoms with E-state index in [1.165, 1.54) is 14.0 Å². The molecule has 7 nitrogen and oxygen atoms in total. The molecular weight excluding hydrogens is 344 g/mol. The lowest BCUT2D eigenvalue weighted by Gasteiger charge is -2.09. The zero-order chi connectivity index (χ0) is 19.2. The van der Waals surface area contributed by atoms with Gasteiger partial charge in [0.05, 0.1) is 7.11 Å². The largest absolute Gasteiger partial charge is 0.508 e. The number of methoxy groups -OCH3 is 1. The Morgan fingerprint density at radius 1 is 1.11 bits per heavy atom. The van der Waals surface area contributed by atoms with Crippen LogP contribution in [0.15, 0.2) is 48.5 Å². The average Bonchev–Trinajstić information content (AvgIpc) is 2.69. The fraction of sp³-hybridized carbons (Fsp3) is 0.200. The number of nitrogens with one attached hydrogen (secondary N) is 1. The van der Waals surface area contributed by atoms with Crippen molar-refractivity contribution in [2.45, 2.75) is 13.3 Å². The Bertz CT molecular complexity index is 942. The van der Waals surface area contributed by atoms with E-state index >= 15 is 0 Å². The number of rotatable bonds is 7. The molecule has 2 N–H and O–H groups in total. The standard InChI is InChI=1S/C20H20N4O3/c1-13(25)15-4-3-5-16(12-15)18-22-19(24-20(23-18)27-2)21-11-10-14-6-8-17(26)9-7-14/h3-9,12,26H,10-11H2,1-2H3,(H,21,22,23,24). The van der Waals surface area contributed by atoms with E-state index in [0.717, 1.165) is 12.0 Å². The Morgan fingerprint density at radius 3 is 2.59 bits per heavy atom. The highest BCUT2D eigenvalue weighted by Gasteiger charge is 2.10. The van der Waals surface area contributed by atoms with Crippen LogP contribution in [-0.2, 0) is 6.42 Å². The molecule has 0 atom stereocenters. The molecule has 0 saturated heterocycles. The first-order valence-electron chi connectivity index (χ1n) is 8.48. The molecule has 0 bridgehead atoms. The molecular formula is C20H20N4O3. The van der Waals surface area contributed by atoms with Gasteiger partial charge in [-0.3, -0.25) is 4.79 Å². The van der Waals surface area contributed by atoms with Gasteiger partial charge in [0, 0.05) is 17.7 Å². The SMILES string of the molecule is COc1nc(NCCc2ccc(O)cc2)nc(-c2cccc(C(C)=O)c2)n1. The first-order valence-corrected chi connectivity index (χ1v) is 8.48. The lowest BCUT2D eigenvalue weighted by molar-refractivity contribution is 0.101. The molecule has 3 aromatic rings. The van der Waals surface area contributed by atoms with Crippen LogP contribution in [0.2, 0.25) is 0 Å². The first kappa shape index (κ1) is 18.3. The van der Waals surface area contributed by atoms with Crippen molar-refractivity contribution in [1.29, 1.82) is 0 Å². The highest BCUT2D eigenvalue weighted by atomic mass is 16.5. The van der Waals surface area contributed by atoms with Crippen molar-refractivity contribution in [1.82, 2.24) is 15.0 Å². The van der Waals surface area contributed by atoms with E-state index in [0.29, 0.717) is 29.4 Å². The van der Waals surface area contributed by atoms with Crippen LogP contribution >= 0.6 is 0 Å². The van der Waals surface area contributed by atoms with E-state index in [-0.39, 0.29) is 17.5 Å². The zero-order valence-corrected chi connectivity index (χ0v) is 15.1. The van der Waals surface area contributed by atoms with E-state index in [1.54, 1.807) is 30.3 Å². The van der Waals surface area contributed by atoms with Crippen molar-refractivity contribution >= 4 is 11.7 Å². The molecule has 0 aliphatic rings. The van der Waals surface area contributed by atoms with E-state index in [1.807, 2.05) is 18.2 Å². The van der Waals surface area contributed by atoms with Gasteiger partial charge in [0.1, 0.15) is 5.75 Å². The van der Waals surface area contributed by atoms with Crippen LogP contribution in [-0.4, -0.2) is 39.5 Å². The summed E-state index contributed by atoms with van der Waals surface area (Å²) in [6, 6.07) is 14.4. The van der Waals surface area contributed by atoms with Gasteiger partial charge >= 0.3 is 6.01 Å². The monoisotopic (exact) mass is 364 g/mol. The maximum absolute atomic E-state index is 11.6. The summed E-state index contributed by atoms with van der Waals surface area (Å²) in [5.41, 5.74) is 2.38. The first-order chi connectivity index (χ1) is 13.0. The Hall–Kier alpha value is -3.48. The van der Waals surface area contributed by atoms with E-state index in [4.69, 9.17) is 4.74 Å². The summed E-state index contributed by atoms with van der Waals surface area (Å²) < 4.78 is 5.18. The summed E-state index contributed by atoms with van der Waals surface area (Å²) in [7, 11) is 1.49. The van der Waals surface area contributed by atoms with Gasteiger partial charge in [-0.2, -0.15) is 15.0 Å². The molecule has 3 rings (SSSR count). The molecule has 27 heavy (non-hydrogen) atoms. The third-order valence-corrected chi connectivity index (χ3v) is 3.96. The number of hydrogen-bond donors (Lipinski definition) is 2. The number of anilines is 1. The number of ether oxygens (including phenoxy) is 1. The van der Waals surface area contributed by atoms with Gasteiger partial charge < -0.3 is 15.2 Å². The molecule has 0 amide bonds. The summed E-state index contributed by atoms with van der Waals surface area (Å²) in [5.74, 6) is 1.04. The predicted molar refractivity (Wildman–Crippen MR) is 102 cm³/mol. The second kappa shape index (κ2) is 8.27. The van der Waals surface area contributed by atoms with Crippen molar-refractivity contribution in [3.8, 4) is 23.1 Å². The Morgan fingerprint density at radius 2 is 1.89 bits per heavy atom. The van der Waals surface area contributed by atoms with Crippen LogP contribution in [0.3, 0.4) is 0 Å². The number of Topliss-reactive ketones (excluding diaryl/α,β-unsaturated/α-hetero) is 1. The van der Waals surface area contributed by atoms with Crippen molar-refractivity contribution in [3.63, 3.8) is 0 Å². The number of carbonyl (C=O) groups is 1. The van der Waals surface area contributed by atoms with Gasteiger partial charge in [0.2, 0.25) is 5.95 Å². The third kappa shape index (κ3) is 4.78. The van der Waals surface area contributed by atoms with Crippen molar-refractivity contribution in [2.75, 3.05) is 19.0 Å². The molecule has 0 spiro atoms. The molecule has 0 unspecified atom stereocenters. The van der Waals surface area contributed by atoms with Crippen molar-refractivity contribution in [2.24, 2.45) is 0 Å². The Balaban J connectivity index is 1.78. The minimum absolute atomic E-state index is 0.0230. The maximum Gasteiger partial charge on any atom is 0.321 e. The Labute approximate surface area is 157 Å². The number of phenols is 1. The topological polar surface area (TPSA) is 97.2 Å². The van der Waals surface area contributed by atoms with E-state index in [2.05, 4.69) is 20.3 Å². The smallest absolute Gasteiger partial charge is 0.321 e. The molecule has 0 radical (unpaired) electrons. The minimum Gasteiger partial charge on any atom is -0.508 e. The van der Waals surface area contributed by atoms with Gasteiger partial charge in [0.25, 0.3) is 0 Å². The molecule has 1 aromatic heterocycles. The zero-order valence-electron chi connectivity index (χ0n) is 15.1. The summed E-state index contributed by atoms with van der Waals surface area (Å²) >= 11 is 0. The molecule has 1 heterocycles. The predicted octanol–water partition coefficient (Wildman–Crippen LogP) is 3.11. The second-order valence-corrected chi connectivity index (χ2v) is 5.95. The van der Waals surface area contributed by atoms with Gasteiger partial charge in [-0.05, 0) is 37.1 Å². The second-order valence-electron chi connectivity index (χ2n) is 5.95. The lowest BCUT2D eigenvalue weighted by Crippen LogP contribution is -2.10. The highest BCUT2D eigenvalue weighted by molar-refractivity contribution is 5.95. The van der Waals surface area contributed by atoms with Crippen LogP contribution in [0.25, 0.3) is 11.4 Å². The molecule has 0 fully saturated rings. The molecule has 0 saturated carbocycles. The Kier molecular flexibility index (Phi) is 5.61. The number of nitrogens with zero attached hydrogens (tertiary/aromatic N) is 3. The number of hydrogen-bond acceptors (Lipinski definition) is 7. The summed E-state index contributed by atoms with van der Waals surface area (Å²) in [6.45, 7) is 2.12. The average molecular weight is 364 g/mol. The molecule has 0 aliphatic heterocycles. The van der Waals surface area contributed by atoms with Crippen LogP contribution in [0.4, 0.5) is 5.95 Å². The van der Waals surface area contributed by atoms with Crippen LogP contribution in [0, 0.1) is 0 Å².